The number of H-pyrrole nitrogens is 1. The molecule has 9 heteroatoms. The number of hydrogen-bond donors (Lipinski definition) is 2. The van der Waals surface area contributed by atoms with Gasteiger partial charge in [0.1, 0.15) is 18.3 Å². The summed E-state index contributed by atoms with van der Waals surface area (Å²) in [5.74, 6) is -0.908. The van der Waals surface area contributed by atoms with Gasteiger partial charge in [-0.05, 0) is 25.2 Å². The lowest BCUT2D eigenvalue weighted by molar-refractivity contribution is -0.243. The summed E-state index contributed by atoms with van der Waals surface area (Å²) in [7, 11) is 0. The minimum absolute atomic E-state index is 0.298. The average molecular weight is 354 g/mol. The van der Waals surface area contributed by atoms with Gasteiger partial charge < -0.3 is 19.3 Å². The highest BCUT2D eigenvalue weighted by Gasteiger charge is 2.65. The summed E-state index contributed by atoms with van der Waals surface area (Å²) >= 11 is 0. The third kappa shape index (κ3) is 2.13. The molecule has 0 aromatic carbocycles. The van der Waals surface area contributed by atoms with E-state index < -0.39 is 47.4 Å². The number of ether oxygens (including phenoxy) is 3. The summed E-state index contributed by atoms with van der Waals surface area (Å²) in [4.78, 5) is 25.3. The van der Waals surface area contributed by atoms with Crippen molar-refractivity contribution in [2.75, 3.05) is 6.61 Å². The third-order valence-corrected chi connectivity index (χ3v) is 6.07. The van der Waals surface area contributed by atoms with E-state index in [1.807, 2.05) is 4.98 Å². The molecule has 0 radical (unpaired) electrons. The van der Waals surface area contributed by atoms with E-state index in [1.165, 1.54) is 6.42 Å². The molecule has 1 aromatic heterocycles. The van der Waals surface area contributed by atoms with E-state index in [0.717, 1.165) is 30.0 Å². The van der Waals surface area contributed by atoms with Crippen LogP contribution in [0.5, 0.6) is 0 Å². The van der Waals surface area contributed by atoms with Crippen molar-refractivity contribution in [2.45, 2.75) is 56.0 Å². The van der Waals surface area contributed by atoms with E-state index in [4.69, 9.17) is 14.2 Å². The van der Waals surface area contributed by atoms with Gasteiger partial charge in [-0.15, -0.1) is 0 Å². The smallest absolute Gasteiger partial charge is 0.330 e. The Morgan fingerprint density at radius 2 is 2.12 bits per heavy atom. The highest BCUT2D eigenvalue weighted by Crippen LogP contribution is 2.58. The van der Waals surface area contributed by atoms with Gasteiger partial charge in [-0.25, -0.2) is 4.79 Å². The molecule has 136 valence electrons. The van der Waals surface area contributed by atoms with Crippen LogP contribution in [-0.4, -0.2) is 45.4 Å². The highest BCUT2D eigenvalue weighted by molar-refractivity contribution is 5.06. The maximum atomic E-state index is 13.7. The van der Waals surface area contributed by atoms with Crippen LogP contribution in [0.3, 0.4) is 0 Å². The van der Waals surface area contributed by atoms with Crippen molar-refractivity contribution in [3.63, 3.8) is 0 Å². The van der Waals surface area contributed by atoms with Crippen LogP contribution in [0.1, 0.15) is 31.9 Å². The zero-order valence-electron chi connectivity index (χ0n) is 13.4. The van der Waals surface area contributed by atoms with Gasteiger partial charge in [0, 0.05) is 12.3 Å². The number of hydrogen-bond acceptors (Lipinski definition) is 6. The summed E-state index contributed by atoms with van der Waals surface area (Å²) < 4.78 is 32.8. The summed E-state index contributed by atoms with van der Waals surface area (Å²) in [5, 5.41) is 9.63. The van der Waals surface area contributed by atoms with Crippen LogP contribution in [0.15, 0.2) is 15.8 Å². The molecular weight excluding hydrogens is 335 g/mol. The highest BCUT2D eigenvalue weighted by atomic mass is 19.1. The van der Waals surface area contributed by atoms with E-state index in [0.29, 0.717) is 11.8 Å². The van der Waals surface area contributed by atoms with Gasteiger partial charge in [-0.3, -0.25) is 14.3 Å². The normalized spacial score (nSPS) is 44.7. The lowest BCUT2D eigenvalue weighted by Gasteiger charge is -2.34. The minimum Gasteiger partial charge on any atom is -0.394 e. The first-order valence-corrected chi connectivity index (χ1v) is 8.63. The quantitative estimate of drug-likeness (QED) is 0.767. The first-order valence-electron chi connectivity index (χ1n) is 8.63. The largest absolute Gasteiger partial charge is 0.394 e. The Bertz CT molecular complexity index is 824. The van der Waals surface area contributed by atoms with Crippen molar-refractivity contribution in [1.82, 2.24) is 9.55 Å². The molecule has 2 saturated heterocycles. The second kappa shape index (κ2) is 5.23. The molecule has 8 nitrogen and oxygen atoms in total. The standard InChI is InChI=1S/C16H19FN2O6/c17-9-5-19(15(22)18-13(9)21)14-12-11(10(6-20)23-14)24-16(25-12)4-7-1-2-8(16)3-7/h5,7-8,10-12,14,20H,1-4,6H2,(H,18,21,22)/t7-,8+,10+,11+,12+,14+,16-/m0/s1. The van der Waals surface area contributed by atoms with E-state index in [1.54, 1.807) is 0 Å². The third-order valence-electron chi connectivity index (χ3n) is 6.07. The number of aromatic nitrogens is 2. The molecule has 7 atom stereocenters. The van der Waals surface area contributed by atoms with Crippen molar-refractivity contribution in [3.8, 4) is 0 Å². The molecule has 0 amide bonds. The Morgan fingerprint density at radius 3 is 2.80 bits per heavy atom. The fourth-order valence-electron chi connectivity index (χ4n) is 5.00. The molecule has 2 aliphatic carbocycles. The van der Waals surface area contributed by atoms with Crippen molar-refractivity contribution in [1.29, 1.82) is 0 Å². The van der Waals surface area contributed by atoms with E-state index in [2.05, 4.69) is 0 Å². The van der Waals surface area contributed by atoms with Gasteiger partial charge in [0.2, 0.25) is 5.82 Å². The van der Waals surface area contributed by atoms with E-state index in [-0.39, 0.29) is 6.61 Å². The van der Waals surface area contributed by atoms with Crippen LogP contribution in [0.25, 0.3) is 0 Å². The van der Waals surface area contributed by atoms with Crippen molar-refractivity contribution >= 4 is 0 Å². The topological polar surface area (TPSA) is 103 Å². The molecule has 5 rings (SSSR count). The molecule has 4 aliphatic rings. The summed E-state index contributed by atoms with van der Waals surface area (Å²) in [6, 6.07) is 0. The van der Waals surface area contributed by atoms with Gasteiger partial charge in [0.05, 0.1) is 12.8 Å². The SMILES string of the molecule is O=c1[nH]c(=O)n([C@@H]2O[C@H](CO)[C@H]3O[C@@]4(C[C@H]5CC[C@@H]4C5)O[C@H]32)cc1F. The molecule has 1 aromatic rings. The number of nitrogens with one attached hydrogen (secondary N) is 1. The minimum atomic E-state index is -1.08. The van der Waals surface area contributed by atoms with Gasteiger partial charge in [-0.2, -0.15) is 4.39 Å². The zero-order valence-corrected chi connectivity index (χ0v) is 13.4. The van der Waals surface area contributed by atoms with Crippen LogP contribution in [0.4, 0.5) is 4.39 Å². The predicted molar refractivity (Wildman–Crippen MR) is 80.2 cm³/mol. The lowest BCUT2D eigenvalue weighted by atomic mass is 9.94. The number of fused-ring (bicyclic) bond motifs is 4. The fourth-order valence-corrected chi connectivity index (χ4v) is 5.00. The molecule has 0 unspecified atom stereocenters. The van der Waals surface area contributed by atoms with Crippen molar-refractivity contribution in [3.05, 3.63) is 32.9 Å². The van der Waals surface area contributed by atoms with Crippen molar-refractivity contribution in [2.24, 2.45) is 11.8 Å². The van der Waals surface area contributed by atoms with Crippen molar-refractivity contribution < 1.29 is 23.7 Å². The molecule has 2 bridgehead atoms. The maximum absolute atomic E-state index is 13.7. The summed E-state index contributed by atoms with van der Waals surface area (Å²) in [6.45, 7) is -0.300. The van der Waals surface area contributed by atoms with Crippen LogP contribution in [0, 0.1) is 17.7 Å². The number of aromatic amines is 1. The van der Waals surface area contributed by atoms with E-state index in [9.17, 15) is 19.1 Å². The Morgan fingerprint density at radius 1 is 1.32 bits per heavy atom. The first kappa shape index (κ1) is 15.7. The summed E-state index contributed by atoms with van der Waals surface area (Å²) in [5.41, 5.74) is -1.87. The molecule has 2 N–H and O–H groups in total. The Labute approximate surface area is 141 Å². The monoisotopic (exact) mass is 354 g/mol. The molecule has 2 aliphatic heterocycles. The second-order valence-corrected chi connectivity index (χ2v) is 7.45. The van der Waals surface area contributed by atoms with Crippen LogP contribution in [0.2, 0.25) is 0 Å². The van der Waals surface area contributed by atoms with Crippen LogP contribution >= 0.6 is 0 Å². The van der Waals surface area contributed by atoms with Gasteiger partial charge in [-0.1, -0.05) is 0 Å². The number of rotatable bonds is 2. The molecule has 2 saturated carbocycles. The molecule has 1 spiro atoms. The average Bonchev–Trinajstić information content (AvgIpc) is 3.31. The van der Waals surface area contributed by atoms with Gasteiger partial charge in [0.25, 0.3) is 5.56 Å². The fraction of sp³-hybridized carbons (Fsp3) is 0.750. The summed E-state index contributed by atoms with van der Waals surface area (Å²) in [6.07, 6.45) is 2.07. The second-order valence-electron chi connectivity index (χ2n) is 7.45. The molecule has 4 fully saturated rings. The Kier molecular flexibility index (Phi) is 3.28. The molecular formula is C16H19FN2O6. The number of nitrogens with zero attached hydrogens (tertiary/aromatic N) is 1. The first-order chi connectivity index (χ1) is 12.0. The van der Waals surface area contributed by atoms with Crippen LogP contribution < -0.4 is 11.2 Å². The zero-order chi connectivity index (χ0) is 17.3. The Hall–Kier alpha value is -1.55. The van der Waals surface area contributed by atoms with Gasteiger partial charge >= 0.3 is 5.69 Å². The number of aliphatic hydroxyl groups excluding tert-OH is 1. The predicted octanol–water partition coefficient (Wildman–Crippen LogP) is -0.134. The van der Waals surface area contributed by atoms with Gasteiger partial charge in [0.15, 0.2) is 12.0 Å². The molecule has 3 heterocycles. The lowest BCUT2D eigenvalue weighted by Crippen LogP contribution is -2.41. The molecule has 25 heavy (non-hydrogen) atoms. The Balaban J connectivity index is 1.51. The number of halogens is 1. The number of aliphatic hydroxyl groups is 1. The van der Waals surface area contributed by atoms with E-state index >= 15 is 0 Å². The maximum Gasteiger partial charge on any atom is 0.330 e. The van der Waals surface area contributed by atoms with Crippen LogP contribution in [-0.2, 0) is 14.2 Å².